The van der Waals surface area contributed by atoms with Gasteiger partial charge in [-0.1, -0.05) is 73.9 Å². The number of rotatable bonds is 5. The molecule has 1 fully saturated rings. The van der Waals surface area contributed by atoms with Gasteiger partial charge in [-0.25, -0.2) is 4.79 Å². The Bertz CT molecular complexity index is 1020. The van der Waals surface area contributed by atoms with Gasteiger partial charge in [-0.15, -0.1) is 0 Å². The Hall–Kier alpha value is -3.54. The quantitative estimate of drug-likeness (QED) is 0.457. The molecule has 1 N–H and O–H groups in total. The fourth-order valence-corrected chi connectivity index (χ4v) is 4.15. The highest BCUT2D eigenvalue weighted by Crippen LogP contribution is 2.34. The number of ether oxygens (including phenoxy) is 1. The molecule has 0 aliphatic heterocycles. The van der Waals surface area contributed by atoms with Gasteiger partial charge >= 0.3 is 11.6 Å². The van der Waals surface area contributed by atoms with E-state index in [9.17, 15) is 19.2 Å². The van der Waals surface area contributed by atoms with Gasteiger partial charge < -0.3 is 10.1 Å². The van der Waals surface area contributed by atoms with Crippen LogP contribution in [0.1, 0.15) is 58.4 Å². The van der Waals surface area contributed by atoms with Crippen molar-refractivity contribution in [2.24, 2.45) is 0 Å². The minimum atomic E-state index is -2.53. The summed E-state index contributed by atoms with van der Waals surface area (Å²) in [5, 5.41) is 2.79. The monoisotopic (exact) mass is 417 g/mol. The van der Waals surface area contributed by atoms with E-state index in [2.05, 4.69) is 5.32 Å². The minimum Gasteiger partial charge on any atom is -0.428 e. The minimum absolute atomic E-state index is 0.0890. The average Bonchev–Trinajstić information content (AvgIpc) is 3.02. The number of carbonyl (C=O) groups is 4. The van der Waals surface area contributed by atoms with Crippen molar-refractivity contribution in [1.29, 1.82) is 0 Å². The van der Waals surface area contributed by atoms with Gasteiger partial charge in [0.05, 0.1) is 0 Å². The zero-order valence-electron chi connectivity index (χ0n) is 17.0. The molecule has 6 heteroatoms. The number of nitrogens with one attached hydrogen (secondary N) is 1. The van der Waals surface area contributed by atoms with Crippen molar-refractivity contribution in [3.8, 4) is 0 Å². The van der Waals surface area contributed by atoms with Gasteiger partial charge in [0.25, 0.3) is 5.91 Å². The van der Waals surface area contributed by atoms with E-state index in [0.717, 1.165) is 43.7 Å². The number of esters is 1. The van der Waals surface area contributed by atoms with E-state index in [4.69, 9.17) is 4.74 Å². The molecule has 0 atom stereocenters. The molecule has 2 aliphatic rings. The van der Waals surface area contributed by atoms with Crippen LogP contribution in [0.3, 0.4) is 0 Å². The first kappa shape index (κ1) is 20.7. The van der Waals surface area contributed by atoms with Crippen molar-refractivity contribution < 1.29 is 23.9 Å². The summed E-state index contributed by atoms with van der Waals surface area (Å²) in [7, 11) is 0. The first-order chi connectivity index (χ1) is 15.0. The Morgan fingerprint density at radius 1 is 0.871 bits per heavy atom. The molecule has 0 unspecified atom stereocenters. The molecule has 6 nitrogen and oxygen atoms in total. The molecule has 1 amide bonds. The Labute approximate surface area is 180 Å². The normalized spacial score (nSPS) is 18.1. The van der Waals surface area contributed by atoms with Gasteiger partial charge in [0.1, 0.15) is 0 Å². The van der Waals surface area contributed by atoms with E-state index >= 15 is 0 Å². The number of hydrogen-bond acceptors (Lipinski definition) is 5. The number of ketones is 2. The van der Waals surface area contributed by atoms with Gasteiger partial charge in [-0.3, -0.25) is 14.4 Å². The molecule has 0 aromatic heterocycles. The zero-order chi connectivity index (χ0) is 21.8. The molecule has 2 aliphatic carbocycles. The molecule has 0 heterocycles. The lowest BCUT2D eigenvalue weighted by molar-refractivity contribution is -0.154. The average molecular weight is 417 g/mol. The standard InChI is InChI=1S/C25H23NO5/c27-21(16-15-17-9-3-1-4-10-17)31-25(24(30)26-18-11-5-2-6-12-18)22(28)19-13-7-8-14-20(19)23(25)29/h1,3-4,7-10,13-16,18H,2,5-6,11-12H2,(H,26,30)/b16-15+. The van der Waals surface area contributed by atoms with E-state index in [-0.39, 0.29) is 17.2 Å². The van der Waals surface area contributed by atoms with Gasteiger partial charge in [-0.05, 0) is 24.5 Å². The number of Topliss-reactive ketones (excluding diaryl/α,β-unsaturated/α-hetero) is 2. The lowest BCUT2D eigenvalue weighted by Crippen LogP contribution is -2.59. The molecule has 0 saturated heterocycles. The second-order valence-corrected chi connectivity index (χ2v) is 7.86. The highest BCUT2D eigenvalue weighted by atomic mass is 16.6. The molecule has 2 aromatic rings. The van der Waals surface area contributed by atoms with E-state index in [0.29, 0.717) is 0 Å². The molecule has 0 spiro atoms. The zero-order valence-corrected chi connectivity index (χ0v) is 17.0. The molecular formula is C25H23NO5. The maximum absolute atomic E-state index is 13.3. The first-order valence-electron chi connectivity index (χ1n) is 10.5. The van der Waals surface area contributed by atoms with E-state index < -0.39 is 29.0 Å². The second kappa shape index (κ2) is 8.68. The Balaban J connectivity index is 1.64. The molecule has 0 radical (unpaired) electrons. The lowest BCUT2D eigenvalue weighted by atomic mass is 9.92. The van der Waals surface area contributed by atoms with Crippen LogP contribution in [0.25, 0.3) is 6.08 Å². The summed E-state index contributed by atoms with van der Waals surface area (Å²) in [4.78, 5) is 52.4. The van der Waals surface area contributed by atoms with Crippen molar-refractivity contribution in [2.75, 3.05) is 0 Å². The summed E-state index contributed by atoms with van der Waals surface area (Å²) in [6.07, 6.45) is 7.15. The van der Waals surface area contributed by atoms with E-state index in [1.54, 1.807) is 24.3 Å². The number of carbonyl (C=O) groups excluding carboxylic acids is 4. The van der Waals surface area contributed by atoms with Crippen molar-refractivity contribution in [2.45, 2.75) is 43.7 Å². The second-order valence-electron chi connectivity index (χ2n) is 7.86. The van der Waals surface area contributed by atoms with Crippen LogP contribution in [-0.2, 0) is 14.3 Å². The predicted octanol–water partition coefficient (Wildman–Crippen LogP) is 3.51. The molecule has 31 heavy (non-hydrogen) atoms. The molecule has 2 aromatic carbocycles. The topological polar surface area (TPSA) is 89.5 Å². The maximum Gasteiger partial charge on any atom is 0.332 e. The predicted molar refractivity (Wildman–Crippen MR) is 114 cm³/mol. The maximum atomic E-state index is 13.3. The molecule has 4 rings (SSSR count). The van der Waals surface area contributed by atoms with Gasteiger partial charge in [0, 0.05) is 23.2 Å². The molecule has 158 valence electrons. The third kappa shape index (κ3) is 3.93. The fourth-order valence-electron chi connectivity index (χ4n) is 4.15. The molecular weight excluding hydrogens is 394 g/mol. The molecule has 1 saturated carbocycles. The highest BCUT2D eigenvalue weighted by Gasteiger charge is 2.62. The van der Waals surface area contributed by atoms with Crippen LogP contribution in [0.2, 0.25) is 0 Å². The van der Waals surface area contributed by atoms with Crippen LogP contribution in [0.4, 0.5) is 0 Å². The van der Waals surface area contributed by atoms with E-state index in [1.807, 2.05) is 18.2 Å². The largest absolute Gasteiger partial charge is 0.428 e. The Morgan fingerprint density at radius 3 is 2.06 bits per heavy atom. The summed E-state index contributed by atoms with van der Waals surface area (Å²) in [6, 6.07) is 15.0. The van der Waals surface area contributed by atoms with Crippen LogP contribution < -0.4 is 5.32 Å². The van der Waals surface area contributed by atoms with Crippen molar-refractivity contribution >= 4 is 29.5 Å². The first-order valence-corrected chi connectivity index (χ1v) is 10.5. The number of fused-ring (bicyclic) bond motifs is 1. The van der Waals surface area contributed by atoms with Gasteiger partial charge in [0.15, 0.2) is 0 Å². The van der Waals surface area contributed by atoms with Crippen LogP contribution in [0.5, 0.6) is 0 Å². The summed E-state index contributed by atoms with van der Waals surface area (Å²) in [5.41, 5.74) is -1.61. The van der Waals surface area contributed by atoms with Crippen molar-refractivity contribution in [3.63, 3.8) is 0 Å². The van der Waals surface area contributed by atoms with Crippen LogP contribution in [-0.4, -0.2) is 35.1 Å². The van der Waals surface area contributed by atoms with Crippen molar-refractivity contribution in [3.05, 3.63) is 77.4 Å². The number of amides is 1. The number of hydrogen-bond donors (Lipinski definition) is 1. The summed E-state index contributed by atoms with van der Waals surface area (Å²) in [5.74, 6) is -3.41. The van der Waals surface area contributed by atoms with Crippen LogP contribution in [0.15, 0.2) is 60.7 Å². The van der Waals surface area contributed by atoms with Crippen molar-refractivity contribution in [1.82, 2.24) is 5.32 Å². The van der Waals surface area contributed by atoms with E-state index in [1.165, 1.54) is 18.2 Å². The summed E-state index contributed by atoms with van der Waals surface area (Å²) < 4.78 is 5.39. The summed E-state index contributed by atoms with van der Waals surface area (Å²) in [6.45, 7) is 0. The summed E-state index contributed by atoms with van der Waals surface area (Å²) >= 11 is 0. The van der Waals surface area contributed by atoms with Crippen LogP contribution >= 0.6 is 0 Å². The highest BCUT2D eigenvalue weighted by molar-refractivity contribution is 6.43. The fraction of sp³-hybridized carbons (Fsp3) is 0.280. The SMILES string of the molecule is O=C(/C=C/c1ccccc1)OC1(C(=O)NC2CCCCC2)C(=O)c2ccccc2C1=O. The Morgan fingerprint density at radius 2 is 1.45 bits per heavy atom. The Kier molecular flexibility index (Phi) is 5.80. The lowest BCUT2D eigenvalue weighted by Gasteiger charge is -2.29. The molecule has 0 bridgehead atoms. The van der Waals surface area contributed by atoms with Gasteiger partial charge in [0.2, 0.25) is 11.6 Å². The van der Waals surface area contributed by atoms with Crippen LogP contribution in [0, 0.1) is 0 Å². The smallest absolute Gasteiger partial charge is 0.332 e. The van der Waals surface area contributed by atoms with Gasteiger partial charge in [-0.2, -0.15) is 0 Å². The number of benzene rings is 2. The third-order valence-electron chi connectivity index (χ3n) is 5.78. The third-order valence-corrected chi connectivity index (χ3v) is 5.78.